The summed E-state index contributed by atoms with van der Waals surface area (Å²) in [6, 6.07) is 0.440. The summed E-state index contributed by atoms with van der Waals surface area (Å²) >= 11 is 1.47. The smallest absolute Gasteiger partial charge is 0.202 e. The molecule has 1 aromatic heterocycles. The number of nitrogens with one attached hydrogen (secondary N) is 1. The van der Waals surface area contributed by atoms with E-state index in [1.165, 1.54) is 24.4 Å². The number of nitrogens with two attached hydrogens (primary N) is 1. The molecule has 0 aliphatic heterocycles. The Labute approximate surface area is 94.5 Å². The Hall–Kier alpha value is -0.680. The van der Waals surface area contributed by atoms with Crippen LogP contribution in [-0.2, 0) is 0 Å². The molecule has 1 aromatic rings. The van der Waals surface area contributed by atoms with E-state index in [9.17, 15) is 0 Å². The lowest BCUT2D eigenvalue weighted by Crippen LogP contribution is -2.22. The third kappa shape index (κ3) is 2.89. The number of hydrogen-bond donors (Lipinski definition) is 2. The monoisotopic (exact) mass is 226 g/mol. The van der Waals surface area contributed by atoms with E-state index in [4.69, 9.17) is 5.73 Å². The Bertz CT molecular complexity index is 308. The predicted molar refractivity (Wildman–Crippen MR) is 63.3 cm³/mol. The van der Waals surface area contributed by atoms with Crippen molar-refractivity contribution in [3.8, 4) is 0 Å². The van der Waals surface area contributed by atoms with Crippen LogP contribution >= 0.6 is 11.5 Å². The topological polar surface area (TPSA) is 63.8 Å². The van der Waals surface area contributed by atoms with Crippen molar-refractivity contribution in [3.05, 3.63) is 5.82 Å². The molecule has 0 aromatic carbocycles. The SMILES string of the molecule is CCC(CCN)Nc1nc(C2CC2)ns1. The number of hydrogen-bond acceptors (Lipinski definition) is 5. The lowest BCUT2D eigenvalue weighted by atomic mass is 10.1. The first-order valence-corrected chi connectivity index (χ1v) is 6.41. The molecule has 5 heteroatoms. The molecule has 1 aliphatic carbocycles. The van der Waals surface area contributed by atoms with Crippen LogP contribution in [0.15, 0.2) is 0 Å². The molecule has 4 nitrogen and oxygen atoms in total. The third-order valence-electron chi connectivity index (χ3n) is 2.72. The van der Waals surface area contributed by atoms with E-state index in [1.54, 1.807) is 0 Å². The highest BCUT2D eigenvalue weighted by molar-refractivity contribution is 7.09. The van der Waals surface area contributed by atoms with Gasteiger partial charge in [0.05, 0.1) is 0 Å². The Kier molecular flexibility index (Phi) is 3.53. The maximum atomic E-state index is 5.55. The van der Waals surface area contributed by atoms with Crippen LogP contribution in [-0.4, -0.2) is 21.9 Å². The van der Waals surface area contributed by atoms with Crippen LogP contribution in [0, 0.1) is 0 Å². The van der Waals surface area contributed by atoms with Crippen molar-refractivity contribution in [2.24, 2.45) is 5.73 Å². The Balaban J connectivity index is 1.90. The first-order chi connectivity index (χ1) is 7.33. The molecular weight excluding hydrogens is 208 g/mol. The molecule has 0 bridgehead atoms. The number of aromatic nitrogens is 2. The van der Waals surface area contributed by atoms with Crippen LogP contribution in [0.1, 0.15) is 44.3 Å². The van der Waals surface area contributed by atoms with Gasteiger partial charge in [-0.15, -0.1) is 0 Å². The average Bonchev–Trinajstić information content (AvgIpc) is 2.99. The fourth-order valence-corrected chi connectivity index (χ4v) is 2.28. The molecule has 0 amide bonds. The summed E-state index contributed by atoms with van der Waals surface area (Å²) in [7, 11) is 0. The molecule has 1 fully saturated rings. The lowest BCUT2D eigenvalue weighted by Gasteiger charge is -2.13. The van der Waals surface area contributed by atoms with Crippen molar-refractivity contribution in [2.75, 3.05) is 11.9 Å². The van der Waals surface area contributed by atoms with E-state index >= 15 is 0 Å². The predicted octanol–water partition coefficient (Wildman–Crippen LogP) is 1.95. The van der Waals surface area contributed by atoms with Crippen molar-refractivity contribution in [1.82, 2.24) is 9.36 Å². The summed E-state index contributed by atoms with van der Waals surface area (Å²) in [4.78, 5) is 4.50. The fraction of sp³-hybridized carbons (Fsp3) is 0.800. The van der Waals surface area contributed by atoms with E-state index in [-0.39, 0.29) is 0 Å². The van der Waals surface area contributed by atoms with Crippen LogP contribution in [0.4, 0.5) is 5.13 Å². The summed E-state index contributed by atoms with van der Waals surface area (Å²) in [5.74, 6) is 1.68. The normalized spacial score (nSPS) is 17.7. The van der Waals surface area contributed by atoms with Gasteiger partial charge in [-0.25, -0.2) is 4.98 Å². The van der Waals surface area contributed by atoms with Gasteiger partial charge in [0.2, 0.25) is 5.13 Å². The zero-order valence-corrected chi connectivity index (χ0v) is 9.89. The highest BCUT2D eigenvalue weighted by atomic mass is 32.1. The van der Waals surface area contributed by atoms with Crippen molar-refractivity contribution < 1.29 is 0 Å². The molecular formula is C10H18N4S. The molecule has 1 heterocycles. The zero-order valence-electron chi connectivity index (χ0n) is 9.07. The second-order valence-electron chi connectivity index (χ2n) is 4.06. The van der Waals surface area contributed by atoms with E-state index in [0.29, 0.717) is 12.0 Å². The summed E-state index contributed by atoms with van der Waals surface area (Å²) < 4.78 is 4.36. The minimum atomic E-state index is 0.440. The Morgan fingerprint density at radius 3 is 3.00 bits per heavy atom. The second kappa shape index (κ2) is 4.90. The van der Waals surface area contributed by atoms with Crippen molar-refractivity contribution >= 4 is 16.7 Å². The van der Waals surface area contributed by atoms with Crippen molar-refractivity contribution in [1.29, 1.82) is 0 Å². The number of anilines is 1. The summed E-state index contributed by atoms with van der Waals surface area (Å²) in [6.07, 6.45) is 4.59. The molecule has 1 aliphatic rings. The largest absolute Gasteiger partial charge is 0.358 e. The summed E-state index contributed by atoms with van der Waals surface area (Å²) in [5.41, 5.74) is 5.55. The quantitative estimate of drug-likeness (QED) is 0.778. The summed E-state index contributed by atoms with van der Waals surface area (Å²) in [6.45, 7) is 2.88. The van der Waals surface area contributed by atoms with Gasteiger partial charge in [-0.3, -0.25) is 0 Å². The average molecular weight is 226 g/mol. The molecule has 1 atom stereocenters. The molecule has 0 saturated heterocycles. The lowest BCUT2D eigenvalue weighted by molar-refractivity contribution is 0.641. The molecule has 3 N–H and O–H groups in total. The van der Waals surface area contributed by atoms with Gasteiger partial charge in [-0.05, 0) is 32.2 Å². The van der Waals surface area contributed by atoms with Crippen molar-refractivity contribution in [3.63, 3.8) is 0 Å². The molecule has 15 heavy (non-hydrogen) atoms. The number of nitrogens with zero attached hydrogens (tertiary/aromatic N) is 2. The van der Waals surface area contributed by atoms with Gasteiger partial charge in [-0.2, -0.15) is 4.37 Å². The first-order valence-electron chi connectivity index (χ1n) is 5.63. The van der Waals surface area contributed by atoms with E-state index < -0.39 is 0 Å². The van der Waals surface area contributed by atoms with E-state index in [2.05, 4.69) is 21.6 Å². The van der Waals surface area contributed by atoms with E-state index in [0.717, 1.165) is 30.3 Å². The van der Waals surface area contributed by atoms with Crippen LogP contribution < -0.4 is 11.1 Å². The van der Waals surface area contributed by atoms with Crippen LogP contribution in [0.5, 0.6) is 0 Å². The van der Waals surface area contributed by atoms with Gasteiger partial charge in [0.15, 0.2) is 0 Å². The standard InChI is InChI=1S/C10H18N4S/c1-2-8(5-6-11)12-10-13-9(14-15-10)7-3-4-7/h7-8H,2-6,11H2,1H3,(H,12,13,14). The zero-order chi connectivity index (χ0) is 10.7. The molecule has 0 spiro atoms. The fourth-order valence-electron chi connectivity index (χ4n) is 1.56. The van der Waals surface area contributed by atoms with Crippen molar-refractivity contribution in [2.45, 2.75) is 44.6 Å². The minimum Gasteiger partial charge on any atom is -0.358 e. The van der Waals surface area contributed by atoms with Gasteiger partial charge >= 0.3 is 0 Å². The van der Waals surface area contributed by atoms with Gasteiger partial charge in [-0.1, -0.05) is 6.92 Å². The Morgan fingerprint density at radius 1 is 1.60 bits per heavy atom. The summed E-state index contributed by atoms with van der Waals surface area (Å²) in [5, 5.41) is 4.35. The highest BCUT2D eigenvalue weighted by Gasteiger charge is 2.27. The van der Waals surface area contributed by atoms with Crippen LogP contribution in [0.25, 0.3) is 0 Å². The number of rotatable bonds is 6. The minimum absolute atomic E-state index is 0.440. The first kappa shape index (κ1) is 10.8. The van der Waals surface area contributed by atoms with Crippen LogP contribution in [0.2, 0.25) is 0 Å². The molecule has 84 valence electrons. The molecule has 1 unspecified atom stereocenters. The molecule has 2 rings (SSSR count). The van der Waals surface area contributed by atoms with Gasteiger partial charge < -0.3 is 11.1 Å². The van der Waals surface area contributed by atoms with Gasteiger partial charge in [0, 0.05) is 23.5 Å². The maximum absolute atomic E-state index is 5.55. The van der Waals surface area contributed by atoms with Crippen LogP contribution in [0.3, 0.4) is 0 Å². The van der Waals surface area contributed by atoms with Gasteiger partial charge in [0.25, 0.3) is 0 Å². The maximum Gasteiger partial charge on any atom is 0.202 e. The second-order valence-corrected chi connectivity index (χ2v) is 4.81. The molecule has 0 radical (unpaired) electrons. The van der Waals surface area contributed by atoms with Gasteiger partial charge in [0.1, 0.15) is 5.82 Å². The third-order valence-corrected chi connectivity index (χ3v) is 3.38. The molecule has 1 saturated carbocycles. The highest BCUT2D eigenvalue weighted by Crippen LogP contribution is 2.39. The Morgan fingerprint density at radius 2 is 2.40 bits per heavy atom. The van der Waals surface area contributed by atoms with E-state index in [1.807, 2.05) is 0 Å².